The molecule has 0 aromatic heterocycles. The van der Waals surface area contributed by atoms with Crippen LogP contribution in [0.4, 0.5) is 0 Å². The lowest BCUT2D eigenvalue weighted by Gasteiger charge is -2.41. The van der Waals surface area contributed by atoms with Crippen molar-refractivity contribution in [2.45, 2.75) is 45.2 Å². The second-order valence-electron chi connectivity index (χ2n) is 7.05. The lowest BCUT2D eigenvalue weighted by molar-refractivity contribution is 0.109. The van der Waals surface area contributed by atoms with Crippen LogP contribution >= 0.6 is 0 Å². The molecule has 1 saturated carbocycles. The first kappa shape index (κ1) is 14.1. The fourth-order valence-electron chi connectivity index (χ4n) is 3.40. The number of benzene rings is 1. The average Bonchev–Trinajstić information content (AvgIpc) is 3.25. The average molecular weight is 272 g/mol. The summed E-state index contributed by atoms with van der Waals surface area (Å²) in [5.74, 6) is 1.77. The van der Waals surface area contributed by atoms with Crippen molar-refractivity contribution in [3.8, 4) is 0 Å². The standard InChI is InChI=1S/C18H28N2/c1-14(2)10-17-11-19-18(16-6-4-3-5-7-16)13-20(17)12-15-8-9-15/h3-7,14-15,17-19H,8-13H2,1-2H3. The summed E-state index contributed by atoms with van der Waals surface area (Å²) in [6, 6.07) is 12.2. The zero-order chi connectivity index (χ0) is 13.9. The van der Waals surface area contributed by atoms with Crippen LogP contribution in [-0.2, 0) is 0 Å². The van der Waals surface area contributed by atoms with E-state index in [1.807, 2.05) is 0 Å². The molecule has 3 rings (SSSR count). The molecule has 2 aliphatic rings. The van der Waals surface area contributed by atoms with Crippen LogP contribution in [0.5, 0.6) is 0 Å². The zero-order valence-corrected chi connectivity index (χ0v) is 12.9. The van der Waals surface area contributed by atoms with Gasteiger partial charge in [0.2, 0.25) is 0 Å². The second kappa shape index (κ2) is 6.28. The Hall–Kier alpha value is -0.860. The topological polar surface area (TPSA) is 15.3 Å². The first-order valence-corrected chi connectivity index (χ1v) is 8.24. The number of rotatable bonds is 5. The summed E-state index contributed by atoms with van der Waals surface area (Å²) in [5, 5.41) is 3.77. The van der Waals surface area contributed by atoms with Crippen molar-refractivity contribution in [3.05, 3.63) is 35.9 Å². The lowest BCUT2D eigenvalue weighted by Crippen LogP contribution is -2.53. The minimum Gasteiger partial charge on any atom is -0.307 e. The minimum absolute atomic E-state index is 0.512. The predicted molar refractivity (Wildman–Crippen MR) is 84.7 cm³/mol. The van der Waals surface area contributed by atoms with Gasteiger partial charge in [0.05, 0.1) is 0 Å². The Morgan fingerprint density at radius 3 is 2.60 bits per heavy atom. The van der Waals surface area contributed by atoms with Crippen molar-refractivity contribution in [1.29, 1.82) is 0 Å². The molecule has 2 heteroatoms. The summed E-state index contributed by atoms with van der Waals surface area (Å²) in [6.45, 7) is 8.34. The van der Waals surface area contributed by atoms with Gasteiger partial charge in [-0.3, -0.25) is 4.90 Å². The molecule has 2 atom stereocenters. The highest BCUT2D eigenvalue weighted by Crippen LogP contribution is 2.33. The van der Waals surface area contributed by atoms with Gasteiger partial charge in [-0.05, 0) is 36.7 Å². The molecule has 0 amide bonds. The number of nitrogens with one attached hydrogen (secondary N) is 1. The van der Waals surface area contributed by atoms with E-state index in [-0.39, 0.29) is 0 Å². The van der Waals surface area contributed by atoms with Crippen molar-refractivity contribution in [1.82, 2.24) is 10.2 Å². The molecule has 2 nitrogen and oxygen atoms in total. The van der Waals surface area contributed by atoms with Gasteiger partial charge in [0.25, 0.3) is 0 Å². The van der Waals surface area contributed by atoms with Gasteiger partial charge < -0.3 is 5.32 Å². The van der Waals surface area contributed by atoms with E-state index in [1.165, 1.54) is 37.9 Å². The van der Waals surface area contributed by atoms with Crippen LogP contribution < -0.4 is 5.32 Å². The first-order valence-electron chi connectivity index (χ1n) is 8.24. The molecule has 0 spiro atoms. The van der Waals surface area contributed by atoms with Crippen LogP contribution in [0.25, 0.3) is 0 Å². The third kappa shape index (κ3) is 3.62. The summed E-state index contributed by atoms with van der Waals surface area (Å²) >= 11 is 0. The van der Waals surface area contributed by atoms with E-state index in [4.69, 9.17) is 0 Å². The van der Waals surface area contributed by atoms with Gasteiger partial charge in [0.15, 0.2) is 0 Å². The third-order valence-corrected chi connectivity index (χ3v) is 4.67. The predicted octanol–water partition coefficient (Wildman–Crippen LogP) is 3.46. The van der Waals surface area contributed by atoms with Gasteiger partial charge in [0.1, 0.15) is 0 Å². The van der Waals surface area contributed by atoms with E-state index in [0.717, 1.165) is 24.4 Å². The monoisotopic (exact) mass is 272 g/mol. The summed E-state index contributed by atoms with van der Waals surface area (Å²) in [5.41, 5.74) is 1.44. The van der Waals surface area contributed by atoms with Gasteiger partial charge >= 0.3 is 0 Å². The zero-order valence-electron chi connectivity index (χ0n) is 12.9. The van der Waals surface area contributed by atoms with E-state index >= 15 is 0 Å². The van der Waals surface area contributed by atoms with E-state index in [9.17, 15) is 0 Å². The van der Waals surface area contributed by atoms with Crippen molar-refractivity contribution >= 4 is 0 Å². The number of nitrogens with zero attached hydrogens (tertiary/aromatic N) is 1. The van der Waals surface area contributed by atoms with E-state index in [2.05, 4.69) is 54.4 Å². The Bertz CT molecular complexity index is 411. The maximum absolute atomic E-state index is 3.77. The van der Waals surface area contributed by atoms with E-state index in [0.29, 0.717) is 6.04 Å². The summed E-state index contributed by atoms with van der Waals surface area (Å²) in [4.78, 5) is 2.77. The van der Waals surface area contributed by atoms with Crippen LogP contribution in [0.3, 0.4) is 0 Å². The second-order valence-corrected chi connectivity index (χ2v) is 7.05. The molecule has 1 aliphatic carbocycles. The van der Waals surface area contributed by atoms with E-state index < -0.39 is 0 Å². The SMILES string of the molecule is CC(C)CC1CNC(c2ccccc2)CN1CC1CC1. The lowest BCUT2D eigenvalue weighted by atomic mass is 9.96. The van der Waals surface area contributed by atoms with Crippen molar-refractivity contribution < 1.29 is 0 Å². The summed E-state index contributed by atoms with van der Waals surface area (Å²) in [6.07, 6.45) is 4.23. The molecule has 0 bridgehead atoms. The Balaban J connectivity index is 1.66. The van der Waals surface area contributed by atoms with Gasteiger partial charge in [0, 0.05) is 31.7 Å². The maximum atomic E-state index is 3.77. The number of hydrogen-bond acceptors (Lipinski definition) is 2. The first-order chi connectivity index (χ1) is 9.72. The Morgan fingerprint density at radius 2 is 1.95 bits per heavy atom. The summed E-state index contributed by atoms with van der Waals surface area (Å²) < 4.78 is 0. The van der Waals surface area contributed by atoms with E-state index in [1.54, 1.807) is 0 Å². The fraction of sp³-hybridized carbons (Fsp3) is 0.667. The fourth-order valence-corrected chi connectivity index (χ4v) is 3.40. The summed E-state index contributed by atoms with van der Waals surface area (Å²) in [7, 11) is 0. The van der Waals surface area contributed by atoms with Crippen molar-refractivity contribution in [3.63, 3.8) is 0 Å². The van der Waals surface area contributed by atoms with Crippen LogP contribution in [0, 0.1) is 11.8 Å². The van der Waals surface area contributed by atoms with Crippen LogP contribution in [0.1, 0.15) is 44.7 Å². The van der Waals surface area contributed by atoms with Crippen LogP contribution in [0.2, 0.25) is 0 Å². The highest BCUT2D eigenvalue weighted by molar-refractivity contribution is 5.20. The van der Waals surface area contributed by atoms with Gasteiger partial charge in [-0.25, -0.2) is 0 Å². The Morgan fingerprint density at radius 1 is 1.20 bits per heavy atom. The molecular weight excluding hydrogens is 244 g/mol. The van der Waals surface area contributed by atoms with Crippen molar-refractivity contribution in [2.24, 2.45) is 11.8 Å². The number of piperazine rings is 1. The molecule has 1 aromatic rings. The molecular formula is C18H28N2. The third-order valence-electron chi connectivity index (χ3n) is 4.67. The smallest absolute Gasteiger partial charge is 0.0449 e. The Labute approximate surface area is 123 Å². The van der Waals surface area contributed by atoms with Gasteiger partial charge in [-0.1, -0.05) is 44.2 Å². The molecule has 1 aliphatic heterocycles. The molecule has 20 heavy (non-hydrogen) atoms. The molecule has 1 heterocycles. The van der Waals surface area contributed by atoms with Gasteiger partial charge in [-0.15, -0.1) is 0 Å². The molecule has 1 saturated heterocycles. The number of hydrogen-bond donors (Lipinski definition) is 1. The molecule has 2 unspecified atom stereocenters. The van der Waals surface area contributed by atoms with Gasteiger partial charge in [-0.2, -0.15) is 0 Å². The maximum Gasteiger partial charge on any atom is 0.0449 e. The van der Waals surface area contributed by atoms with Crippen LogP contribution in [0.15, 0.2) is 30.3 Å². The van der Waals surface area contributed by atoms with Crippen LogP contribution in [-0.4, -0.2) is 30.6 Å². The molecule has 1 aromatic carbocycles. The molecule has 110 valence electrons. The molecule has 2 fully saturated rings. The largest absolute Gasteiger partial charge is 0.307 e. The normalized spacial score (nSPS) is 27.9. The molecule has 1 N–H and O–H groups in total. The highest BCUT2D eigenvalue weighted by atomic mass is 15.2. The highest BCUT2D eigenvalue weighted by Gasteiger charge is 2.33. The molecule has 0 radical (unpaired) electrons. The Kier molecular flexibility index (Phi) is 4.42. The minimum atomic E-state index is 0.512. The van der Waals surface area contributed by atoms with Crippen molar-refractivity contribution in [2.75, 3.05) is 19.6 Å². The quantitative estimate of drug-likeness (QED) is 0.883.